The molecule has 9 heteroatoms. The van der Waals surface area contributed by atoms with Crippen LogP contribution in [-0.4, -0.2) is 22.2 Å². The molecule has 0 bridgehead atoms. The van der Waals surface area contributed by atoms with E-state index in [0.29, 0.717) is 23.1 Å². The second kappa shape index (κ2) is 7.75. The first-order chi connectivity index (χ1) is 14.3. The van der Waals surface area contributed by atoms with E-state index in [2.05, 4.69) is 14.7 Å². The third kappa shape index (κ3) is 4.41. The highest BCUT2D eigenvalue weighted by Crippen LogP contribution is 2.32. The van der Waals surface area contributed by atoms with Gasteiger partial charge in [-0.15, -0.1) is 24.5 Å². The standard InChI is InChI=1S/C21H14F3N3O2S/c22-21(23,24)29-13-7-5-12(6-8-13)18-10-9-14(30-18)11-17-19(20(25)28)27-16-4-2-1-3-15(16)26-17/h1-10H,11H2,(H2,25,28). The van der Waals surface area contributed by atoms with Crippen molar-refractivity contribution in [2.75, 3.05) is 0 Å². The fraction of sp³-hybridized carbons (Fsp3) is 0.0952. The van der Waals surface area contributed by atoms with Gasteiger partial charge in [-0.1, -0.05) is 12.1 Å². The van der Waals surface area contributed by atoms with E-state index in [0.717, 1.165) is 15.3 Å². The Labute approximate surface area is 173 Å². The third-order valence-electron chi connectivity index (χ3n) is 4.25. The van der Waals surface area contributed by atoms with Gasteiger partial charge in [-0.05, 0) is 54.1 Å². The van der Waals surface area contributed by atoms with Crippen LogP contribution in [0.5, 0.6) is 5.75 Å². The number of amides is 1. The molecule has 4 rings (SSSR count). The van der Waals surface area contributed by atoms with Crippen molar-refractivity contribution in [2.45, 2.75) is 12.8 Å². The van der Waals surface area contributed by atoms with Gasteiger partial charge in [0.05, 0.1) is 16.7 Å². The van der Waals surface area contributed by atoms with Gasteiger partial charge in [-0.3, -0.25) is 4.79 Å². The summed E-state index contributed by atoms with van der Waals surface area (Å²) in [6.45, 7) is 0. The molecule has 0 spiro atoms. The van der Waals surface area contributed by atoms with Gasteiger partial charge >= 0.3 is 6.36 Å². The predicted octanol–water partition coefficient (Wildman–Crippen LogP) is 4.95. The number of alkyl halides is 3. The molecular formula is C21H14F3N3O2S. The van der Waals surface area contributed by atoms with Crippen LogP contribution in [0.4, 0.5) is 13.2 Å². The number of thiophene rings is 1. The Hall–Kier alpha value is -3.46. The summed E-state index contributed by atoms with van der Waals surface area (Å²) in [5, 5.41) is 0. The molecule has 2 N–H and O–H groups in total. The number of primary amides is 1. The van der Waals surface area contributed by atoms with Crippen LogP contribution in [0, 0.1) is 0 Å². The fourth-order valence-corrected chi connectivity index (χ4v) is 3.99. The normalized spacial score (nSPS) is 11.6. The molecule has 2 heterocycles. The van der Waals surface area contributed by atoms with Crippen LogP contribution in [-0.2, 0) is 6.42 Å². The summed E-state index contributed by atoms with van der Waals surface area (Å²) < 4.78 is 40.8. The van der Waals surface area contributed by atoms with E-state index in [-0.39, 0.29) is 11.4 Å². The van der Waals surface area contributed by atoms with E-state index in [4.69, 9.17) is 5.73 Å². The van der Waals surface area contributed by atoms with Crippen LogP contribution >= 0.6 is 11.3 Å². The van der Waals surface area contributed by atoms with Crippen LogP contribution in [0.25, 0.3) is 21.5 Å². The van der Waals surface area contributed by atoms with Gasteiger partial charge in [0, 0.05) is 16.2 Å². The summed E-state index contributed by atoms with van der Waals surface area (Å²) in [7, 11) is 0. The lowest BCUT2D eigenvalue weighted by Gasteiger charge is -2.08. The van der Waals surface area contributed by atoms with E-state index in [1.807, 2.05) is 18.2 Å². The maximum absolute atomic E-state index is 12.3. The number of benzene rings is 2. The first-order valence-electron chi connectivity index (χ1n) is 8.79. The minimum Gasteiger partial charge on any atom is -0.406 e. The summed E-state index contributed by atoms with van der Waals surface area (Å²) in [6.07, 6.45) is -4.37. The Morgan fingerprint density at radius 1 is 0.967 bits per heavy atom. The number of nitrogens with two attached hydrogens (primary N) is 1. The number of carbonyl (C=O) groups excluding carboxylic acids is 1. The zero-order valence-corrected chi connectivity index (χ0v) is 16.1. The minimum atomic E-state index is -4.73. The quantitative estimate of drug-likeness (QED) is 0.487. The molecule has 2 aromatic carbocycles. The van der Waals surface area contributed by atoms with Crippen molar-refractivity contribution in [3.05, 3.63) is 76.9 Å². The molecule has 0 aliphatic rings. The molecule has 5 nitrogen and oxygen atoms in total. The summed E-state index contributed by atoms with van der Waals surface area (Å²) in [4.78, 5) is 22.5. The molecule has 30 heavy (non-hydrogen) atoms. The first-order valence-corrected chi connectivity index (χ1v) is 9.60. The van der Waals surface area contributed by atoms with Gasteiger partial charge < -0.3 is 10.5 Å². The number of hydrogen-bond acceptors (Lipinski definition) is 5. The third-order valence-corrected chi connectivity index (χ3v) is 5.39. The van der Waals surface area contributed by atoms with Gasteiger partial charge in [0.1, 0.15) is 5.75 Å². The maximum Gasteiger partial charge on any atom is 0.573 e. The van der Waals surface area contributed by atoms with Gasteiger partial charge in [-0.2, -0.15) is 0 Å². The van der Waals surface area contributed by atoms with Gasteiger partial charge in [0.15, 0.2) is 5.69 Å². The second-order valence-electron chi connectivity index (χ2n) is 6.39. The molecule has 0 atom stereocenters. The number of fused-ring (bicyclic) bond motifs is 1. The van der Waals surface area contributed by atoms with Gasteiger partial charge in [0.2, 0.25) is 0 Å². The number of hydrogen-bond donors (Lipinski definition) is 1. The van der Waals surface area contributed by atoms with Crippen molar-refractivity contribution in [3.8, 4) is 16.2 Å². The van der Waals surface area contributed by atoms with Gasteiger partial charge in [-0.25, -0.2) is 9.97 Å². The average molecular weight is 429 g/mol. The predicted molar refractivity (Wildman–Crippen MR) is 107 cm³/mol. The van der Waals surface area contributed by atoms with Crippen LogP contribution in [0.2, 0.25) is 0 Å². The first kappa shape index (κ1) is 19.8. The Kier molecular flexibility index (Phi) is 5.13. The maximum atomic E-state index is 12.3. The molecule has 0 aliphatic carbocycles. The van der Waals surface area contributed by atoms with Crippen LogP contribution in [0.1, 0.15) is 21.1 Å². The number of halogens is 3. The summed E-state index contributed by atoms with van der Waals surface area (Å²) >= 11 is 1.44. The van der Waals surface area contributed by atoms with Crippen LogP contribution in [0.3, 0.4) is 0 Å². The van der Waals surface area contributed by atoms with Gasteiger partial charge in [0.25, 0.3) is 5.91 Å². The molecule has 0 saturated heterocycles. The molecule has 0 radical (unpaired) electrons. The largest absolute Gasteiger partial charge is 0.573 e. The molecule has 152 valence electrons. The molecular weight excluding hydrogens is 415 g/mol. The van der Waals surface area contributed by atoms with Crippen molar-refractivity contribution < 1.29 is 22.7 Å². The number of rotatable bonds is 5. The summed E-state index contributed by atoms with van der Waals surface area (Å²) in [5.41, 5.74) is 8.08. The fourth-order valence-electron chi connectivity index (χ4n) is 2.97. The molecule has 0 saturated carbocycles. The van der Waals surface area contributed by atoms with Crippen molar-refractivity contribution in [1.29, 1.82) is 0 Å². The SMILES string of the molecule is NC(=O)c1nc2ccccc2nc1Cc1ccc(-c2ccc(OC(F)(F)F)cc2)s1. The van der Waals surface area contributed by atoms with Crippen molar-refractivity contribution in [3.63, 3.8) is 0 Å². The highest BCUT2D eigenvalue weighted by atomic mass is 32.1. The molecule has 2 aromatic heterocycles. The Balaban J connectivity index is 1.59. The van der Waals surface area contributed by atoms with Crippen molar-refractivity contribution in [1.82, 2.24) is 9.97 Å². The van der Waals surface area contributed by atoms with Crippen molar-refractivity contribution in [2.24, 2.45) is 5.73 Å². The highest BCUT2D eigenvalue weighted by Gasteiger charge is 2.31. The highest BCUT2D eigenvalue weighted by molar-refractivity contribution is 7.15. The Morgan fingerprint density at radius 2 is 1.63 bits per heavy atom. The van der Waals surface area contributed by atoms with E-state index in [1.54, 1.807) is 30.3 Å². The Bertz CT molecular complexity index is 1220. The molecule has 0 fully saturated rings. The number of ether oxygens (including phenoxy) is 1. The van der Waals surface area contributed by atoms with Crippen LogP contribution in [0.15, 0.2) is 60.7 Å². The summed E-state index contributed by atoms with van der Waals surface area (Å²) in [5.74, 6) is -0.930. The van der Waals surface area contributed by atoms with E-state index in [1.165, 1.54) is 23.5 Å². The number of carbonyl (C=O) groups is 1. The van der Waals surface area contributed by atoms with Crippen molar-refractivity contribution >= 4 is 28.3 Å². The van der Waals surface area contributed by atoms with Crippen LogP contribution < -0.4 is 10.5 Å². The van der Waals surface area contributed by atoms with E-state index < -0.39 is 12.3 Å². The van der Waals surface area contributed by atoms with E-state index >= 15 is 0 Å². The smallest absolute Gasteiger partial charge is 0.406 e. The van der Waals surface area contributed by atoms with E-state index in [9.17, 15) is 18.0 Å². The lowest BCUT2D eigenvalue weighted by Crippen LogP contribution is -2.17. The average Bonchev–Trinajstić information content (AvgIpc) is 3.15. The topological polar surface area (TPSA) is 78.1 Å². The Morgan fingerprint density at radius 3 is 2.27 bits per heavy atom. The summed E-state index contributed by atoms with van der Waals surface area (Å²) in [6, 6.07) is 16.6. The number of aromatic nitrogens is 2. The lowest BCUT2D eigenvalue weighted by molar-refractivity contribution is -0.274. The minimum absolute atomic E-state index is 0.123. The monoisotopic (exact) mass is 429 g/mol. The molecule has 4 aromatic rings. The molecule has 1 amide bonds. The molecule has 0 aliphatic heterocycles. The number of para-hydroxylation sites is 2. The number of nitrogens with zero attached hydrogens (tertiary/aromatic N) is 2. The molecule has 0 unspecified atom stereocenters. The zero-order valence-electron chi connectivity index (χ0n) is 15.3. The second-order valence-corrected chi connectivity index (χ2v) is 7.56. The zero-order chi connectivity index (χ0) is 21.3. The lowest BCUT2D eigenvalue weighted by atomic mass is 10.1.